The van der Waals surface area contributed by atoms with Gasteiger partial charge in [-0.1, -0.05) is 115 Å². The van der Waals surface area contributed by atoms with Crippen LogP contribution in [0.5, 0.6) is 0 Å². The molecular formula is C31H52O. The number of rotatable bonds is 10. The Bertz CT molecular complexity index is 565. The maximum atomic E-state index is 5.85. The average Bonchev–Trinajstić information content (AvgIpc) is 2.76. The van der Waals surface area contributed by atoms with E-state index in [2.05, 4.69) is 38.1 Å². The first-order chi connectivity index (χ1) is 15.8. The standard InChI is InChI=1S/C31H52O/c1-3-5-24-31(28-16-12-8-6-9-13-17-28,29-18-14-10-7-11-15-19-29)30-22-20-27(21-23-30)26-32-25-4-2/h20-23,28-29H,3-19,24-26H2,1-2H3. The van der Waals surface area contributed by atoms with Crippen LogP contribution in [0.1, 0.15) is 141 Å². The molecule has 0 saturated heterocycles. The number of hydrogen-bond donors (Lipinski definition) is 0. The molecule has 1 nitrogen and oxygen atoms in total. The van der Waals surface area contributed by atoms with Gasteiger partial charge in [0.1, 0.15) is 0 Å². The number of unbranched alkanes of at least 4 members (excludes halogenated alkanes) is 1. The Morgan fingerprint density at radius 1 is 0.688 bits per heavy atom. The van der Waals surface area contributed by atoms with Gasteiger partial charge < -0.3 is 4.74 Å². The summed E-state index contributed by atoms with van der Waals surface area (Å²) in [5.41, 5.74) is 3.43. The monoisotopic (exact) mass is 440 g/mol. The molecule has 2 saturated carbocycles. The summed E-state index contributed by atoms with van der Waals surface area (Å²) in [5, 5.41) is 0. The largest absolute Gasteiger partial charge is 0.377 e. The van der Waals surface area contributed by atoms with E-state index in [0.717, 1.165) is 31.5 Å². The SMILES string of the molecule is CCCCC(c1ccc(COCCC)cc1)(C1CCCCCCC1)C1CCCCCCC1. The highest BCUT2D eigenvalue weighted by molar-refractivity contribution is 5.31. The van der Waals surface area contributed by atoms with E-state index in [1.54, 1.807) is 5.56 Å². The molecule has 2 aliphatic carbocycles. The maximum absolute atomic E-state index is 5.85. The predicted octanol–water partition coefficient (Wildman–Crippen LogP) is 9.76. The van der Waals surface area contributed by atoms with E-state index in [1.807, 2.05) is 0 Å². The van der Waals surface area contributed by atoms with Crippen LogP contribution in [0.4, 0.5) is 0 Å². The molecule has 32 heavy (non-hydrogen) atoms. The molecule has 2 aliphatic rings. The summed E-state index contributed by atoms with van der Waals surface area (Å²) in [4.78, 5) is 0. The number of benzene rings is 1. The van der Waals surface area contributed by atoms with Gasteiger partial charge in [-0.15, -0.1) is 0 Å². The lowest BCUT2D eigenvalue weighted by Gasteiger charge is -2.49. The number of hydrogen-bond acceptors (Lipinski definition) is 1. The van der Waals surface area contributed by atoms with Crippen molar-refractivity contribution in [3.05, 3.63) is 35.4 Å². The van der Waals surface area contributed by atoms with Crippen molar-refractivity contribution in [1.82, 2.24) is 0 Å². The molecule has 1 aromatic carbocycles. The third kappa shape index (κ3) is 7.09. The van der Waals surface area contributed by atoms with Crippen molar-refractivity contribution >= 4 is 0 Å². The Kier molecular flexibility index (Phi) is 11.6. The highest BCUT2D eigenvalue weighted by Gasteiger charge is 2.45. The van der Waals surface area contributed by atoms with Crippen molar-refractivity contribution in [2.24, 2.45) is 11.8 Å². The predicted molar refractivity (Wildman–Crippen MR) is 139 cm³/mol. The summed E-state index contributed by atoms with van der Waals surface area (Å²) in [5.74, 6) is 1.75. The smallest absolute Gasteiger partial charge is 0.0716 e. The summed E-state index contributed by atoms with van der Waals surface area (Å²) in [6.07, 6.45) is 25.6. The minimum absolute atomic E-state index is 0.396. The summed E-state index contributed by atoms with van der Waals surface area (Å²) in [6.45, 7) is 6.22. The molecule has 0 N–H and O–H groups in total. The summed E-state index contributed by atoms with van der Waals surface area (Å²) in [7, 11) is 0. The van der Waals surface area contributed by atoms with Gasteiger partial charge in [0.25, 0.3) is 0 Å². The summed E-state index contributed by atoms with van der Waals surface area (Å²) >= 11 is 0. The number of ether oxygens (including phenoxy) is 1. The van der Waals surface area contributed by atoms with E-state index in [1.165, 1.54) is 115 Å². The van der Waals surface area contributed by atoms with Crippen molar-refractivity contribution in [3.63, 3.8) is 0 Å². The lowest BCUT2D eigenvalue weighted by molar-refractivity contribution is 0.101. The molecule has 1 aromatic rings. The van der Waals surface area contributed by atoms with Crippen LogP contribution in [-0.2, 0) is 16.8 Å². The Labute approximate surface area is 200 Å². The molecule has 0 spiro atoms. The molecule has 0 heterocycles. The zero-order valence-corrected chi connectivity index (χ0v) is 21.5. The Hall–Kier alpha value is -0.820. The zero-order valence-electron chi connectivity index (χ0n) is 21.5. The highest BCUT2D eigenvalue weighted by Crippen LogP contribution is 2.52. The third-order valence-corrected chi connectivity index (χ3v) is 8.72. The third-order valence-electron chi connectivity index (χ3n) is 8.72. The van der Waals surface area contributed by atoms with Gasteiger partial charge in [-0.25, -0.2) is 0 Å². The lowest BCUT2D eigenvalue weighted by atomic mass is 9.55. The van der Waals surface area contributed by atoms with Gasteiger partial charge in [0.2, 0.25) is 0 Å². The molecule has 3 rings (SSSR count). The van der Waals surface area contributed by atoms with E-state index in [4.69, 9.17) is 4.74 Å². The molecule has 0 aliphatic heterocycles. The van der Waals surface area contributed by atoms with Gasteiger partial charge in [0, 0.05) is 12.0 Å². The topological polar surface area (TPSA) is 9.23 Å². The molecular weight excluding hydrogens is 388 g/mol. The molecule has 1 heteroatoms. The van der Waals surface area contributed by atoms with Crippen LogP contribution in [0.25, 0.3) is 0 Å². The minimum Gasteiger partial charge on any atom is -0.377 e. The molecule has 0 bridgehead atoms. The van der Waals surface area contributed by atoms with Gasteiger partial charge in [0.05, 0.1) is 6.61 Å². The molecule has 0 amide bonds. The van der Waals surface area contributed by atoms with Gasteiger partial charge in [-0.2, -0.15) is 0 Å². The second-order valence-corrected chi connectivity index (χ2v) is 11.0. The van der Waals surface area contributed by atoms with Crippen LogP contribution in [0, 0.1) is 11.8 Å². The van der Waals surface area contributed by atoms with E-state index < -0.39 is 0 Å². The van der Waals surface area contributed by atoms with Crippen LogP contribution in [-0.4, -0.2) is 6.61 Å². The zero-order chi connectivity index (χ0) is 22.5. The second-order valence-electron chi connectivity index (χ2n) is 11.0. The van der Waals surface area contributed by atoms with Crippen LogP contribution in [0.3, 0.4) is 0 Å². The van der Waals surface area contributed by atoms with Crippen molar-refractivity contribution < 1.29 is 4.74 Å². The van der Waals surface area contributed by atoms with Gasteiger partial charge in [-0.3, -0.25) is 0 Å². The first kappa shape index (κ1) is 25.8. The van der Waals surface area contributed by atoms with Crippen molar-refractivity contribution in [3.8, 4) is 0 Å². The summed E-state index contributed by atoms with van der Waals surface area (Å²) in [6, 6.07) is 9.88. The average molecular weight is 441 g/mol. The van der Waals surface area contributed by atoms with Gasteiger partial charge in [0.15, 0.2) is 0 Å². The maximum Gasteiger partial charge on any atom is 0.0716 e. The fourth-order valence-electron chi connectivity index (χ4n) is 7.01. The fraction of sp³-hybridized carbons (Fsp3) is 0.806. The molecule has 2 fully saturated rings. The van der Waals surface area contributed by atoms with E-state index in [9.17, 15) is 0 Å². The van der Waals surface area contributed by atoms with Crippen LogP contribution < -0.4 is 0 Å². The Balaban J connectivity index is 1.95. The quantitative estimate of drug-likeness (QED) is 0.329. The van der Waals surface area contributed by atoms with E-state index in [0.29, 0.717) is 5.41 Å². The van der Waals surface area contributed by atoms with Crippen molar-refractivity contribution in [1.29, 1.82) is 0 Å². The Morgan fingerprint density at radius 3 is 1.66 bits per heavy atom. The van der Waals surface area contributed by atoms with E-state index in [-0.39, 0.29) is 0 Å². The molecule has 0 radical (unpaired) electrons. The van der Waals surface area contributed by atoms with Crippen molar-refractivity contribution in [2.75, 3.05) is 6.61 Å². The Morgan fingerprint density at radius 2 is 1.19 bits per heavy atom. The van der Waals surface area contributed by atoms with Gasteiger partial charge >= 0.3 is 0 Å². The lowest BCUT2D eigenvalue weighted by Crippen LogP contribution is -2.43. The first-order valence-corrected chi connectivity index (χ1v) is 14.5. The highest BCUT2D eigenvalue weighted by atomic mass is 16.5. The second kappa shape index (κ2) is 14.4. The van der Waals surface area contributed by atoms with E-state index >= 15 is 0 Å². The van der Waals surface area contributed by atoms with Crippen LogP contribution >= 0.6 is 0 Å². The van der Waals surface area contributed by atoms with Crippen molar-refractivity contribution in [2.45, 2.75) is 141 Å². The fourth-order valence-corrected chi connectivity index (χ4v) is 7.01. The molecule has 0 atom stereocenters. The van der Waals surface area contributed by atoms with Gasteiger partial charge in [-0.05, 0) is 61.5 Å². The molecule has 182 valence electrons. The first-order valence-electron chi connectivity index (χ1n) is 14.5. The molecule has 0 aromatic heterocycles. The van der Waals surface area contributed by atoms with Crippen LogP contribution in [0.15, 0.2) is 24.3 Å². The van der Waals surface area contributed by atoms with Crippen LogP contribution in [0.2, 0.25) is 0 Å². The normalized spacial score (nSPS) is 20.3. The molecule has 0 unspecified atom stereocenters. The minimum atomic E-state index is 0.396. The summed E-state index contributed by atoms with van der Waals surface area (Å²) < 4.78 is 5.85.